The zero-order valence-corrected chi connectivity index (χ0v) is 21.4. The van der Waals surface area contributed by atoms with E-state index in [1.54, 1.807) is 13.1 Å². The van der Waals surface area contributed by atoms with Gasteiger partial charge in [-0.25, -0.2) is 9.98 Å². The molecule has 1 aliphatic rings. The van der Waals surface area contributed by atoms with Crippen LogP contribution in [0.3, 0.4) is 0 Å². The lowest BCUT2D eigenvalue weighted by molar-refractivity contribution is -0.134. The van der Waals surface area contributed by atoms with E-state index in [-0.39, 0.29) is 11.9 Å². The van der Waals surface area contributed by atoms with E-state index in [9.17, 15) is 9.18 Å². The third-order valence-corrected chi connectivity index (χ3v) is 7.82. The van der Waals surface area contributed by atoms with E-state index in [1.165, 1.54) is 22.3 Å². The summed E-state index contributed by atoms with van der Waals surface area (Å²) in [5, 5.41) is 8.72. The summed E-state index contributed by atoms with van der Waals surface area (Å²) in [6.45, 7) is 7.92. The van der Waals surface area contributed by atoms with Crippen LogP contribution in [-0.2, 0) is 15.1 Å². The number of aromatic nitrogens is 1. The smallest absolute Gasteiger partial charge is 0.300 e. The van der Waals surface area contributed by atoms with Gasteiger partial charge in [-0.05, 0) is 34.9 Å². The molecule has 0 saturated carbocycles. The van der Waals surface area contributed by atoms with Gasteiger partial charge in [-0.2, -0.15) is 4.39 Å². The van der Waals surface area contributed by atoms with Crippen LogP contribution in [0.4, 0.5) is 4.39 Å². The highest BCUT2D eigenvalue weighted by Gasteiger charge is 2.49. The van der Waals surface area contributed by atoms with Crippen molar-refractivity contribution in [2.45, 2.75) is 32.1 Å². The Hall–Kier alpha value is -3.85. The van der Waals surface area contributed by atoms with Crippen molar-refractivity contribution in [3.8, 4) is 11.1 Å². The number of carbonyl (C=O) groups is 2. The number of aliphatic imine (C=N–C) groups is 1. The fourth-order valence-corrected chi connectivity index (χ4v) is 5.03. The Morgan fingerprint density at radius 1 is 1.03 bits per heavy atom. The van der Waals surface area contributed by atoms with Crippen LogP contribution < -0.4 is 10.9 Å². The Balaban J connectivity index is 0.000000795. The summed E-state index contributed by atoms with van der Waals surface area (Å²) in [7, 11) is 0.137. The van der Waals surface area contributed by atoms with Gasteiger partial charge in [-0.3, -0.25) is 14.5 Å². The Bertz CT molecular complexity index is 1270. The van der Waals surface area contributed by atoms with E-state index in [1.807, 2.05) is 36.4 Å². The van der Waals surface area contributed by atoms with Crippen LogP contribution in [0, 0.1) is 5.95 Å². The van der Waals surface area contributed by atoms with Crippen molar-refractivity contribution in [3.63, 3.8) is 0 Å². The Kier molecular flexibility index (Phi) is 7.21. The lowest BCUT2D eigenvalue weighted by Crippen LogP contribution is -2.42. The second kappa shape index (κ2) is 9.79. The van der Waals surface area contributed by atoms with E-state index in [0.29, 0.717) is 5.56 Å². The molecule has 0 radical (unpaired) electrons. The number of aliphatic carboxylic acids is 1. The van der Waals surface area contributed by atoms with Crippen molar-refractivity contribution in [2.75, 3.05) is 7.05 Å². The molecule has 0 fully saturated rings. The quantitative estimate of drug-likeness (QED) is 0.428. The number of rotatable bonds is 4. The predicted octanol–water partition coefficient (Wildman–Crippen LogP) is 3.55. The van der Waals surface area contributed by atoms with E-state index in [2.05, 4.69) is 41.8 Å². The number of pyridine rings is 1. The molecule has 0 saturated heterocycles. The van der Waals surface area contributed by atoms with E-state index >= 15 is 0 Å². The van der Waals surface area contributed by atoms with Crippen molar-refractivity contribution in [1.29, 1.82) is 0 Å². The summed E-state index contributed by atoms with van der Waals surface area (Å²) in [6.07, 6.45) is 1.48. The average Bonchev–Trinajstić information content (AvgIpc) is 3.03. The third kappa shape index (κ3) is 5.30. The van der Waals surface area contributed by atoms with Gasteiger partial charge in [0.05, 0.1) is 8.07 Å². The number of nitrogens with two attached hydrogens (primary N) is 1. The number of hydrogen-bond donors (Lipinski definition) is 2. The number of halogens is 1. The number of carboxylic acids is 1. The number of benzene rings is 2. The Labute approximate surface area is 205 Å². The number of guanidine groups is 1. The van der Waals surface area contributed by atoms with E-state index in [0.717, 1.165) is 23.6 Å². The van der Waals surface area contributed by atoms with Crippen molar-refractivity contribution in [2.24, 2.45) is 10.7 Å². The maximum atomic E-state index is 13.5. The highest BCUT2D eigenvalue weighted by molar-refractivity contribution is 6.88. The molecule has 9 heteroatoms. The van der Waals surface area contributed by atoms with Gasteiger partial charge in [0.2, 0.25) is 5.95 Å². The van der Waals surface area contributed by atoms with Gasteiger partial charge in [-0.15, -0.1) is 0 Å². The van der Waals surface area contributed by atoms with Crippen molar-refractivity contribution < 1.29 is 19.1 Å². The first-order valence-corrected chi connectivity index (χ1v) is 14.5. The highest BCUT2D eigenvalue weighted by Crippen LogP contribution is 2.40. The Morgan fingerprint density at radius 3 is 2.14 bits per heavy atom. The number of carboxylic acid groups (broad SMARTS) is 1. The van der Waals surface area contributed by atoms with Crippen LogP contribution in [0.2, 0.25) is 19.6 Å². The fraction of sp³-hybridized carbons (Fsp3) is 0.231. The maximum absolute atomic E-state index is 13.5. The number of nitrogens with zero attached hydrogens (tertiary/aromatic N) is 3. The second-order valence-corrected chi connectivity index (χ2v) is 14.4. The van der Waals surface area contributed by atoms with Crippen LogP contribution in [0.1, 0.15) is 18.1 Å². The van der Waals surface area contributed by atoms with Gasteiger partial charge < -0.3 is 10.8 Å². The molecule has 3 N–H and O–H groups in total. The predicted molar refractivity (Wildman–Crippen MR) is 138 cm³/mol. The molecule has 0 spiro atoms. The van der Waals surface area contributed by atoms with Crippen LogP contribution >= 0.6 is 0 Å². The second-order valence-electron chi connectivity index (χ2n) is 9.34. The first-order chi connectivity index (χ1) is 16.4. The monoisotopic (exact) mass is 492 g/mol. The standard InChI is InChI=1S/C24H25FN4OSi.C2H4O2/c1-29-22(30)24(28-23(29)26,18-9-11-20(12-10-18)31(2,3)4)19-7-5-6-16(14-19)17-8-13-21(25)27-15-17;1-2(3)4/h5-15H,1-4H3,(H2,26,28);1H3,(H,3,4). The zero-order chi connectivity index (χ0) is 26.0. The largest absolute Gasteiger partial charge is 0.481 e. The summed E-state index contributed by atoms with van der Waals surface area (Å²) in [6, 6.07) is 18.7. The molecular formula is C26H29FN4O3Si. The fourth-order valence-electron chi connectivity index (χ4n) is 3.87. The lowest BCUT2D eigenvalue weighted by Gasteiger charge is -2.27. The van der Waals surface area contributed by atoms with Crippen LogP contribution in [0.25, 0.3) is 11.1 Å². The van der Waals surface area contributed by atoms with Crippen LogP contribution in [0.5, 0.6) is 0 Å². The molecule has 0 aliphatic carbocycles. The normalized spacial score (nSPS) is 17.5. The maximum Gasteiger partial charge on any atom is 0.300 e. The molecule has 1 aliphatic heterocycles. The average molecular weight is 493 g/mol. The molecule has 1 aromatic heterocycles. The molecule has 1 unspecified atom stereocenters. The van der Waals surface area contributed by atoms with Crippen LogP contribution in [0.15, 0.2) is 71.9 Å². The topological polar surface area (TPSA) is 109 Å². The molecule has 4 rings (SSSR count). The minimum absolute atomic E-state index is 0.174. The first kappa shape index (κ1) is 25.8. The lowest BCUT2D eigenvalue weighted by atomic mass is 9.82. The molecule has 1 amide bonds. The minimum Gasteiger partial charge on any atom is -0.481 e. The number of amides is 1. The molecule has 1 atom stereocenters. The summed E-state index contributed by atoms with van der Waals surface area (Å²) < 4.78 is 13.3. The van der Waals surface area contributed by atoms with Gasteiger partial charge in [0, 0.05) is 25.7 Å². The SMILES string of the molecule is CC(=O)O.CN1C(=O)C(c2ccc([Si](C)(C)C)cc2)(c2cccc(-c3ccc(F)nc3)c2)N=C1N. The number of hydrogen-bond acceptors (Lipinski definition) is 5. The van der Waals surface area contributed by atoms with Crippen LogP contribution in [-0.4, -0.2) is 47.9 Å². The van der Waals surface area contributed by atoms with E-state index < -0.39 is 25.5 Å². The summed E-state index contributed by atoms with van der Waals surface area (Å²) in [4.78, 5) is 32.3. The third-order valence-electron chi connectivity index (χ3n) is 5.75. The molecule has 182 valence electrons. The summed E-state index contributed by atoms with van der Waals surface area (Å²) in [5.41, 5.74) is 7.87. The number of likely N-dealkylation sites (N-methyl/N-ethyl adjacent to an activating group) is 1. The molecule has 35 heavy (non-hydrogen) atoms. The van der Waals surface area contributed by atoms with Crippen molar-refractivity contribution >= 4 is 31.1 Å². The molecule has 2 heterocycles. The molecule has 7 nitrogen and oxygen atoms in total. The summed E-state index contributed by atoms with van der Waals surface area (Å²) in [5.74, 6) is -1.41. The molecule has 3 aromatic rings. The Morgan fingerprint density at radius 2 is 1.66 bits per heavy atom. The van der Waals surface area contributed by atoms with E-state index in [4.69, 9.17) is 15.6 Å². The van der Waals surface area contributed by atoms with Gasteiger partial charge in [0.15, 0.2) is 11.5 Å². The molecule has 2 aromatic carbocycles. The van der Waals surface area contributed by atoms with Gasteiger partial charge in [-0.1, -0.05) is 67.3 Å². The van der Waals surface area contributed by atoms with Gasteiger partial charge in [0.25, 0.3) is 11.9 Å². The number of carbonyl (C=O) groups excluding carboxylic acids is 1. The molecular weight excluding hydrogens is 463 g/mol. The zero-order valence-electron chi connectivity index (χ0n) is 20.4. The minimum atomic E-state index is -1.49. The van der Waals surface area contributed by atoms with Crippen molar-refractivity contribution in [3.05, 3.63) is 83.9 Å². The molecule has 0 bridgehead atoms. The first-order valence-electron chi connectivity index (χ1n) is 11.0. The van der Waals surface area contributed by atoms with Crippen molar-refractivity contribution in [1.82, 2.24) is 9.88 Å². The highest BCUT2D eigenvalue weighted by atomic mass is 28.3. The van der Waals surface area contributed by atoms with Gasteiger partial charge in [0.1, 0.15) is 0 Å². The summed E-state index contributed by atoms with van der Waals surface area (Å²) >= 11 is 0. The van der Waals surface area contributed by atoms with Gasteiger partial charge >= 0.3 is 0 Å².